The molecule has 2 atom stereocenters. The van der Waals surface area contributed by atoms with Crippen LogP contribution in [0.4, 0.5) is 0 Å². The Labute approximate surface area is 483 Å². The number of esters is 2. The predicted molar refractivity (Wildman–Crippen MR) is 333 cm³/mol. The van der Waals surface area contributed by atoms with Crippen molar-refractivity contribution < 1.29 is 42.1 Å². The molecule has 78 heavy (non-hydrogen) atoms. The average molecular weight is 1120 g/mol. The predicted octanol–water partition coefficient (Wildman–Crippen LogP) is 20.4. The second-order valence-electron chi connectivity index (χ2n) is 23.5. The molecule has 0 spiro atoms. The molecule has 0 radical (unpaired) electrons. The summed E-state index contributed by atoms with van der Waals surface area (Å²) in [6.07, 6.45) is 77.3. The lowest BCUT2D eigenvalue weighted by Crippen LogP contribution is -2.37. The van der Waals surface area contributed by atoms with Crippen molar-refractivity contribution in [2.24, 2.45) is 0 Å². The number of carbonyl (C=O) groups excluding carboxylic acids is 2. The number of carbonyl (C=O) groups is 2. The standard InChI is InChI=1S/C68H126NO8P/c1-6-8-10-12-14-16-18-20-22-24-25-26-27-28-29-30-31-32-33-34-35-36-37-38-39-40-41-42-43-45-47-49-51-53-55-57-59-61-68(71)77-66(65-76-78(72,73)75-63-62-69(3,4)5)64-74-67(70)60-58-56-54-52-50-48-46-44-23-21-19-17-15-13-11-9-7-2/h8,10,14,16,20,22,25-26,28-29,66H,6-7,9,11-13,15,17-19,21,23-24,27,30-65H2,1-5H3/b10-8-,16-14-,22-20-,26-25-,29-28-. The Hall–Kier alpha value is -2.29. The van der Waals surface area contributed by atoms with Gasteiger partial charge >= 0.3 is 11.9 Å². The Bertz CT molecular complexity index is 1500. The second-order valence-corrected chi connectivity index (χ2v) is 24.9. The van der Waals surface area contributed by atoms with Gasteiger partial charge in [-0.1, -0.05) is 299 Å². The highest BCUT2D eigenvalue weighted by Gasteiger charge is 2.22. The molecule has 0 rings (SSSR count). The van der Waals surface area contributed by atoms with Crippen LogP contribution in [-0.4, -0.2) is 70.0 Å². The number of quaternary nitrogens is 1. The van der Waals surface area contributed by atoms with E-state index in [1.54, 1.807) is 0 Å². The minimum Gasteiger partial charge on any atom is -0.756 e. The first-order valence-electron chi connectivity index (χ1n) is 33.0. The van der Waals surface area contributed by atoms with Crippen molar-refractivity contribution >= 4 is 19.8 Å². The summed E-state index contributed by atoms with van der Waals surface area (Å²) < 4.78 is 34.2. The third-order valence-corrected chi connectivity index (χ3v) is 15.5. The van der Waals surface area contributed by atoms with E-state index in [-0.39, 0.29) is 32.0 Å². The summed E-state index contributed by atoms with van der Waals surface area (Å²) in [5.41, 5.74) is 0. The highest BCUT2D eigenvalue weighted by Crippen LogP contribution is 2.38. The molecule has 0 fully saturated rings. The van der Waals surface area contributed by atoms with Crippen LogP contribution in [0.1, 0.15) is 309 Å². The first kappa shape index (κ1) is 75.7. The SMILES string of the molecule is CC/C=C\C/C=C\C/C=C\C/C=C\C/C=C\CCCCCCCCCCCCCCCCCCCCCCCC(=O)OC(COC(=O)CCCCCCCCCCCCCCCCCCC)COP(=O)([O-])OCC[N+](C)(C)C. The zero-order valence-corrected chi connectivity index (χ0v) is 52.8. The van der Waals surface area contributed by atoms with Crippen LogP contribution in [0.2, 0.25) is 0 Å². The van der Waals surface area contributed by atoms with E-state index in [1.165, 1.54) is 212 Å². The first-order chi connectivity index (χ1) is 38.0. The van der Waals surface area contributed by atoms with Crippen molar-refractivity contribution in [2.45, 2.75) is 315 Å². The van der Waals surface area contributed by atoms with Crippen LogP contribution in [0.3, 0.4) is 0 Å². The van der Waals surface area contributed by atoms with Gasteiger partial charge in [0, 0.05) is 12.8 Å². The van der Waals surface area contributed by atoms with Gasteiger partial charge in [-0.3, -0.25) is 14.2 Å². The number of hydrogen-bond acceptors (Lipinski definition) is 8. The molecule has 0 bridgehead atoms. The Morgan fingerprint density at radius 3 is 1.09 bits per heavy atom. The molecule has 0 aromatic heterocycles. The Morgan fingerprint density at radius 1 is 0.410 bits per heavy atom. The molecule has 456 valence electrons. The van der Waals surface area contributed by atoms with Crippen molar-refractivity contribution in [1.29, 1.82) is 0 Å². The van der Waals surface area contributed by atoms with Crippen LogP contribution in [0.25, 0.3) is 0 Å². The zero-order valence-electron chi connectivity index (χ0n) is 51.9. The van der Waals surface area contributed by atoms with Crippen molar-refractivity contribution in [3.05, 3.63) is 60.8 Å². The lowest BCUT2D eigenvalue weighted by atomic mass is 10.0. The fraction of sp³-hybridized carbons (Fsp3) is 0.824. The smallest absolute Gasteiger partial charge is 0.306 e. The van der Waals surface area contributed by atoms with Crippen LogP contribution in [0.5, 0.6) is 0 Å². The van der Waals surface area contributed by atoms with Gasteiger partial charge in [0.15, 0.2) is 6.10 Å². The van der Waals surface area contributed by atoms with Gasteiger partial charge in [-0.05, 0) is 57.8 Å². The minimum atomic E-state index is -4.63. The molecular formula is C68H126NO8P. The molecule has 0 aromatic rings. The van der Waals surface area contributed by atoms with E-state index in [4.69, 9.17) is 18.5 Å². The molecule has 0 heterocycles. The normalized spacial score (nSPS) is 13.6. The van der Waals surface area contributed by atoms with Crippen molar-refractivity contribution in [3.8, 4) is 0 Å². The van der Waals surface area contributed by atoms with Gasteiger partial charge in [-0.2, -0.15) is 0 Å². The monoisotopic (exact) mass is 1120 g/mol. The van der Waals surface area contributed by atoms with Crippen LogP contribution in [0, 0.1) is 0 Å². The third kappa shape index (κ3) is 62.9. The van der Waals surface area contributed by atoms with Crippen LogP contribution in [-0.2, 0) is 32.7 Å². The maximum atomic E-state index is 12.8. The lowest BCUT2D eigenvalue weighted by molar-refractivity contribution is -0.870. The molecule has 0 aliphatic carbocycles. The Balaban J connectivity index is 3.95. The van der Waals surface area contributed by atoms with Crippen molar-refractivity contribution in [3.63, 3.8) is 0 Å². The summed E-state index contributed by atoms with van der Waals surface area (Å²) in [6.45, 7) is 4.17. The van der Waals surface area contributed by atoms with E-state index in [1.807, 2.05) is 21.1 Å². The summed E-state index contributed by atoms with van der Waals surface area (Å²) in [5.74, 6) is -0.816. The quantitative estimate of drug-likeness (QED) is 0.0195. The molecule has 0 saturated carbocycles. The Morgan fingerprint density at radius 2 is 0.731 bits per heavy atom. The minimum absolute atomic E-state index is 0.0285. The molecule has 0 aliphatic heterocycles. The lowest BCUT2D eigenvalue weighted by Gasteiger charge is -2.28. The number of nitrogens with zero attached hydrogens (tertiary/aromatic N) is 1. The highest BCUT2D eigenvalue weighted by molar-refractivity contribution is 7.45. The largest absolute Gasteiger partial charge is 0.756 e. The third-order valence-electron chi connectivity index (χ3n) is 14.6. The van der Waals surface area contributed by atoms with E-state index in [0.717, 1.165) is 64.2 Å². The maximum Gasteiger partial charge on any atom is 0.306 e. The summed E-state index contributed by atoms with van der Waals surface area (Å²) >= 11 is 0. The number of rotatable bonds is 61. The Kier molecular flexibility index (Phi) is 57.6. The summed E-state index contributed by atoms with van der Waals surface area (Å²) in [4.78, 5) is 37.9. The first-order valence-corrected chi connectivity index (χ1v) is 34.5. The van der Waals surface area contributed by atoms with Gasteiger partial charge in [0.1, 0.15) is 19.8 Å². The average Bonchev–Trinajstić information content (AvgIpc) is 3.41. The summed E-state index contributed by atoms with van der Waals surface area (Å²) in [5, 5.41) is 0. The van der Waals surface area contributed by atoms with Crippen molar-refractivity contribution in [1.82, 2.24) is 0 Å². The van der Waals surface area contributed by atoms with Gasteiger partial charge in [0.2, 0.25) is 0 Å². The van der Waals surface area contributed by atoms with E-state index < -0.39 is 26.5 Å². The molecule has 0 N–H and O–H groups in total. The summed E-state index contributed by atoms with van der Waals surface area (Å²) in [7, 11) is 1.18. The number of unbranched alkanes of at least 4 members (excludes halogenated alkanes) is 37. The van der Waals surface area contributed by atoms with E-state index in [0.29, 0.717) is 17.4 Å². The molecule has 0 saturated heterocycles. The van der Waals surface area contributed by atoms with E-state index in [9.17, 15) is 19.0 Å². The molecule has 2 unspecified atom stereocenters. The highest BCUT2D eigenvalue weighted by atomic mass is 31.2. The van der Waals surface area contributed by atoms with Crippen molar-refractivity contribution in [2.75, 3.05) is 47.5 Å². The topological polar surface area (TPSA) is 111 Å². The second kappa shape index (κ2) is 59.3. The fourth-order valence-corrected chi connectivity index (χ4v) is 10.2. The van der Waals surface area contributed by atoms with Crippen LogP contribution in [0.15, 0.2) is 60.8 Å². The number of phosphoric ester groups is 1. The van der Waals surface area contributed by atoms with E-state index >= 15 is 0 Å². The molecule has 9 nitrogen and oxygen atoms in total. The maximum absolute atomic E-state index is 12.8. The van der Waals surface area contributed by atoms with Gasteiger partial charge in [-0.15, -0.1) is 0 Å². The van der Waals surface area contributed by atoms with Gasteiger partial charge in [0.25, 0.3) is 7.82 Å². The number of likely N-dealkylation sites (N-methyl/N-ethyl adjacent to an activating group) is 1. The number of hydrogen-bond donors (Lipinski definition) is 0. The number of ether oxygens (including phenoxy) is 2. The van der Waals surface area contributed by atoms with Crippen LogP contribution < -0.4 is 4.89 Å². The van der Waals surface area contributed by atoms with Gasteiger partial charge in [0.05, 0.1) is 27.7 Å². The molecule has 0 aliphatic rings. The van der Waals surface area contributed by atoms with Crippen LogP contribution >= 0.6 is 7.82 Å². The van der Waals surface area contributed by atoms with E-state index in [2.05, 4.69) is 74.6 Å². The van der Waals surface area contributed by atoms with Gasteiger partial charge in [-0.25, -0.2) is 0 Å². The fourth-order valence-electron chi connectivity index (χ4n) is 9.51. The molecular weight excluding hydrogens is 990 g/mol. The molecule has 0 amide bonds. The molecule has 10 heteroatoms. The zero-order chi connectivity index (χ0) is 57.0. The number of phosphoric acid groups is 1. The van der Waals surface area contributed by atoms with Gasteiger partial charge < -0.3 is 27.9 Å². The number of allylic oxidation sites excluding steroid dienone is 10. The molecule has 0 aromatic carbocycles. The summed E-state index contributed by atoms with van der Waals surface area (Å²) in [6, 6.07) is 0.